The van der Waals surface area contributed by atoms with Gasteiger partial charge in [0.2, 0.25) is 0 Å². The van der Waals surface area contributed by atoms with Gasteiger partial charge in [0.05, 0.1) is 5.82 Å². The predicted octanol–water partition coefficient (Wildman–Crippen LogP) is 3.45. The Morgan fingerprint density at radius 3 is 2.36 bits per heavy atom. The minimum absolute atomic E-state index is 0.0745. The summed E-state index contributed by atoms with van der Waals surface area (Å²) in [4.78, 5) is 0. The molecule has 0 aromatic carbocycles. The second-order valence-corrected chi connectivity index (χ2v) is 5.05. The van der Waals surface area contributed by atoms with E-state index in [-0.39, 0.29) is 5.76 Å². The zero-order chi connectivity index (χ0) is 11.0. The maximum Gasteiger partial charge on any atom is 0.356 e. The molecule has 0 aliphatic carbocycles. The summed E-state index contributed by atoms with van der Waals surface area (Å²) >= 11 is 0. The second-order valence-electron chi connectivity index (χ2n) is 2.98. The van der Waals surface area contributed by atoms with E-state index in [1.54, 1.807) is 0 Å². The molecule has 0 aliphatic heterocycles. The molecule has 0 aromatic rings. The third-order valence-electron chi connectivity index (χ3n) is 1.85. The molecule has 5 heteroatoms. The quantitative estimate of drug-likeness (QED) is 0.407. The molecule has 0 amide bonds. The minimum atomic E-state index is -3.20. The highest BCUT2D eigenvalue weighted by Gasteiger charge is 2.18. The van der Waals surface area contributed by atoms with Crippen LogP contribution in [0.25, 0.3) is 0 Å². The van der Waals surface area contributed by atoms with Gasteiger partial charge in [-0.05, 0) is 6.42 Å². The van der Waals surface area contributed by atoms with Crippen LogP contribution in [0, 0.1) is 0 Å². The fourth-order valence-electron chi connectivity index (χ4n) is 0.983. The summed E-state index contributed by atoms with van der Waals surface area (Å²) in [5.74, 6) is 1.24. The molecule has 0 bridgehead atoms. The van der Waals surface area contributed by atoms with Gasteiger partial charge in [-0.25, -0.2) is 0 Å². The van der Waals surface area contributed by atoms with Crippen molar-refractivity contribution in [3.8, 4) is 0 Å². The largest absolute Gasteiger partial charge is 0.512 e. The summed E-state index contributed by atoms with van der Waals surface area (Å²) in [5.41, 5.74) is 0. The van der Waals surface area contributed by atoms with Crippen molar-refractivity contribution in [1.29, 1.82) is 0 Å². The van der Waals surface area contributed by atoms with Gasteiger partial charge in [-0.3, -0.25) is 4.57 Å². The first-order valence-corrected chi connectivity index (χ1v) is 6.31. The summed E-state index contributed by atoms with van der Waals surface area (Å²) in [6, 6.07) is 0. The Bertz CT molecular complexity index is 217. The Hall–Kier alpha value is -0.310. The molecule has 0 fully saturated rings. The standard InChI is InChI=1S/C9H19O4P/c1-4-5-6-7-9(10)8-14(11,12-2)13-3/h8,10H,4-7H2,1-3H3/b9-8-. The van der Waals surface area contributed by atoms with E-state index >= 15 is 0 Å². The molecule has 0 radical (unpaired) electrons. The van der Waals surface area contributed by atoms with Crippen LogP contribution in [0.15, 0.2) is 11.6 Å². The first-order chi connectivity index (χ1) is 6.58. The van der Waals surface area contributed by atoms with Crippen LogP contribution in [0.1, 0.15) is 32.6 Å². The molecule has 4 nitrogen and oxygen atoms in total. The lowest BCUT2D eigenvalue weighted by molar-refractivity contribution is 0.283. The molecule has 84 valence electrons. The van der Waals surface area contributed by atoms with Crippen molar-refractivity contribution in [3.63, 3.8) is 0 Å². The van der Waals surface area contributed by atoms with E-state index in [2.05, 4.69) is 16.0 Å². The van der Waals surface area contributed by atoms with Crippen molar-refractivity contribution in [2.75, 3.05) is 14.2 Å². The third-order valence-corrected chi connectivity index (χ3v) is 3.48. The highest BCUT2D eigenvalue weighted by atomic mass is 31.2. The lowest BCUT2D eigenvalue weighted by atomic mass is 10.2. The number of hydrogen-bond donors (Lipinski definition) is 1. The van der Waals surface area contributed by atoms with Crippen LogP contribution < -0.4 is 0 Å². The fourth-order valence-corrected chi connectivity index (χ4v) is 1.84. The number of rotatable bonds is 7. The SMILES string of the molecule is CCCCC/C(O)=C/P(=O)(OC)OC. The van der Waals surface area contributed by atoms with Gasteiger partial charge in [0, 0.05) is 20.6 Å². The fraction of sp³-hybridized carbons (Fsp3) is 0.778. The van der Waals surface area contributed by atoms with Crippen LogP contribution in [0.4, 0.5) is 0 Å². The average Bonchev–Trinajstić information content (AvgIpc) is 2.18. The van der Waals surface area contributed by atoms with Crippen LogP contribution in [0.5, 0.6) is 0 Å². The molecular weight excluding hydrogens is 203 g/mol. The molecule has 0 aromatic heterocycles. The van der Waals surface area contributed by atoms with Crippen LogP contribution in [0.2, 0.25) is 0 Å². The van der Waals surface area contributed by atoms with Gasteiger partial charge in [-0.2, -0.15) is 0 Å². The van der Waals surface area contributed by atoms with Crippen LogP contribution in [-0.2, 0) is 13.6 Å². The van der Waals surface area contributed by atoms with Crippen LogP contribution >= 0.6 is 7.60 Å². The Labute approximate surface area is 85.5 Å². The van der Waals surface area contributed by atoms with Gasteiger partial charge in [0.25, 0.3) is 0 Å². The van der Waals surface area contributed by atoms with Gasteiger partial charge in [0.15, 0.2) is 0 Å². The van der Waals surface area contributed by atoms with Gasteiger partial charge in [-0.15, -0.1) is 0 Å². The van der Waals surface area contributed by atoms with E-state index in [1.807, 2.05) is 0 Å². The molecular formula is C9H19O4P. The van der Waals surface area contributed by atoms with Crippen molar-refractivity contribution in [3.05, 3.63) is 11.6 Å². The Balaban J connectivity index is 4.13. The minimum Gasteiger partial charge on any atom is -0.512 e. The zero-order valence-electron chi connectivity index (χ0n) is 9.02. The molecule has 0 atom stereocenters. The highest BCUT2D eigenvalue weighted by Crippen LogP contribution is 2.48. The van der Waals surface area contributed by atoms with Crippen molar-refractivity contribution in [2.45, 2.75) is 32.6 Å². The second kappa shape index (κ2) is 7.04. The van der Waals surface area contributed by atoms with Crippen LogP contribution in [-0.4, -0.2) is 19.3 Å². The number of aliphatic hydroxyl groups excluding tert-OH is 1. The maximum atomic E-state index is 11.5. The third kappa shape index (κ3) is 5.43. The molecule has 0 rings (SSSR count). The normalized spacial score (nSPS) is 13.2. The average molecular weight is 222 g/mol. The van der Waals surface area contributed by atoms with E-state index in [9.17, 15) is 9.67 Å². The number of unbranched alkanes of at least 4 members (excludes halogenated alkanes) is 2. The number of hydrogen-bond acceptors (Lipinski definition) is 4. The van der Waals surface area contributed by atoms with E-state index in [4.69, 9.17) is 0 Å². The monoisotopic (exact) mass is 222 g/mol. The molecule has 14 heavy (non-hydrogen) atoms. The Kier molecular flexibility index (Phi) is 6.89. The van der Waals surface area contributed by atoms with E-state index < -0.39 is 7.60 Å². The maximum absolute atomic E-state index is 11.5. The topological polar surface area (TPSA) is 55.8 Å². The highest BCUT2D eigenvalue weighted by molar-refractivity contribution is 7.57. The summed E-state index contributed by atoms with van der Waals surface area (Å²) in [6.07, 6.45) is 3.53. The molecule has 0 aliphatic rings. The van der Waals surface area contributed by atoms with Gasteiger partial charge >= 0.3 is 7.60 Å². The Morgan fingerprint density at radius 1 is 1.36 bits per heavy atom. The lowest BCUT2D eigenvalue weighted by Crippen LogP contribution is -1.88. The molecule has 1 N–H and O–H groups in total. The molecule has 0 heterocycles. The van der Waals surface area contributed by atoms with Crippen molar-refractivity contribution in [1.82, 2.24) is 0 Å². The summed E-state index contributed by atoms with van der Waals surface area (Å²) in [5, 5.41) is 9.40. The number of allylic oxidation sites excluding steroid dienone is 1. The molecule has 0 saturated carbocycles. The summed E-state index contributed by atoms with van der Waals surface area (Å²) < 4.78 is 20.8. The first-order valence-electron chi connectivity index (χ1n) is 4.70. The lowest BCUT2D eigenvalue weighted by Gasteiger charge is -2.09. The van der Waals surface area contributed by atoms with Crippen LogP contribution in [0.3, 0.4) is 0 Å². The van der Waals surface area contributed by atoms with Gasteiger partial charge in [-0.1, -0.05) is 19.8 Å². The molecule has 0 spiro atoms. The Morgan fingerprint density at radius 2 is 1.93 bits per heavy atom. The van der Waals surface area contributed by atoms with E-state index in [0.717, 1.165) is 19.3 Å². The predicted molar refractivity (Wildman–Crippen MR) is 56.5 cm³/mol. The van der Waals surface area contributed by atoms with E-state index in [0.29, 0.717) is 6.42 Å². The van der Waals surface area contributed by atoms with Crippen molar-refractivity contribution in [2.24, 2.45) is 0 Å². The van der Waals surface area contributed by atoms with Crippen molar-refractivity contribution < 1.29 is 18.7 Å². The molecule has 0 saturated heterocycles. The number of aliphatic hydroxyl groups is 1. The van der Waals surface area contributed by atoms with Gasteiger partial charge < -0.3 is 14.2 Å². The first kappa shape index (κ1) is 13.7. The summed E-state index contributed by atoms with van der Waals surface area (Å²) in [7, 11) is -0.614. The van der Waals surface area contributed by atoms with E-state index in [1.165, 1.54) is 20.0 Å². The van der Waals surface area contributed by atoms with Gasteiger partial charge in [0.1, 0.15) is 5.76 Å². The molecule has 0 unspecified atom stereocenters. The summed E-state index contributed by atoms with van der Waals surface area (Å²) in [6.45, 7) is 2.08. The smallest absolute Gasteiger partial charge is 0.356 e. The zero-order valence-corrected chi connectivity index (χ0v) is 9.92. The van der Waals surface area contributed by atoms with Crippen molar-refractivity contribution >= 4 is 7.60 Å².